The lowest BCUT2D eigenvalue weighted by Gasteiger charge is -2.08. The van der Waals surface area contributed by atoms with E-state index in [1.807, 2.05) is 0 Å². The maximum absolute atomic E-state index is 12.4. The highest BCUT2D eigenvalue weighted by atomic mass is 19.4. The molecule has 0 aliphatic rings. The molecule has 0 atom stereocenters. The molecule has 0 bridgehead atoms. The average Bonchev–Trinajstić information content (AvgIpc) is 2.27. The molecule has 0 radical (unpaired) electrons. The van der Waals surface area contributed by atoms with Crippen molar-refractivity contribution in [1.82, 2.24) is 5.32 Å². The van der Waals surface area contributed by atoms with Crippen LogP contribution in [0.15, 0.2) is 36.4 Å². The Morgan fingerprint density at radius 1 is 1.39 bits per heavy atom. The van der Waals surface area contributed by atoms with E-state index in [-0.39, 0.29) is 13.1 Å². The summed E-state index contributed by atoms with van der Waals surface area (Å²) in [6.45, 7) is 0.524. The number of nitrogens with one attached hydrogen (secondary N) is 1. The summed E-state index contributed by atoms with van der Waals surface area (Å²) in [5.41, 5.74) is -0.198. The van der Waals surface area contributed by atoms with Crippen LogP contribution < -0.4 is 5.32 Å². The maximum Gasteiger partial charge on any atom is 0.416 e. The Kier molecular flexibility index (Phi) is 4.91. The molecule has 18 heavy (non-hydrogen) atoms. The van der Waals surface area contributed by atoms with Crippen molar-refractivity contribution in [3.8, 4) is 0 Å². The lowest BCUT2D eigenvalue weighted by molar-refractivity contribution is -0.137. The largest absolute Gasteiger partial charge is 0.478 e. The Bertz CT molecular complexity index is 441. The van der Waals surface area contributed by atoms with Crippen LogP contribution in [0.1, 0.15) is 11.1 Å². The highest BCUT2D eigenvalue weighted by Crippen LogP contribution is 2.29. The van der Waals surface area contributed by atoms with Crippen molar-refractivity contribution in [2.24, 2.45) is 0 Å². The van der Waals surface area contributed by atoms with E-state index in [0.717, 1.165) is 18.2 Å². The Morgan fingerprint density at radius 3 is 2.72 bits per heavy atom. The zero-order valence-electron chi connectivity index (χ0n) is 9.37. The van der Waals surface area contributed by atoms with Crippen LogP contribution in [0.3, 0.4) is 0 Å². The third-order valence-electron chi connectivity index (χ3n) is 2.11. The summed E-state index contributed by atoms with van der Waals surface area (Å²) in [7, 11) is 0. The molecule has 2 N–H and O–H groups in total. The zero-order chi connectivity index (χ0) is 13.6. The van der Waals surface area contributed by atoms with Crippen molar-refractivity contribution in [1.29, 1.82) is 0 Å². The number of aliphatic carboxylic acids is 1. The predicted octanol–water partition coefficient (Wildman–Crippen LogP) is 2.44. The minimum Gasteiger partial charge on any atom is -0.478 e. The van der Waals surface area contributed by atoms with E-state index in [4.69, 9.17) is 5.11 Å². The monoisotopic (exact) mass is 259 g/mol. The van der Waals surface area contributed by atoms with Gasteiger partial charge in [0, 0.05) is 19.2 Å². The van der Waals surface area contributed by atoms with Gasteiger partial charge in [-0.25, -0.2) is 4.79 Å². The smallest absolute Gasteiger partial charge is 0.416 e. The molecule has 0 unspecified atom stereocenters. The van der Waals surface area contributed by atoms with E-state index < -0.39 is 17.7 Å². The van der Waals surface area contributed by atoms with Gasteiger partial charge in [-0.2, -0.15) is 13.2 Å². The second-order valence-electron chi connectivity index (χ2n) is 3.57. The zero-order valence-corrected chi connectivity index (χ0v) is 9.37. The number of alkyl halides is 3. The molecule has 6 heteroatoms. The first kappa shape index (κ1) is 14.2. The highest BCUT2D eigenvalue weighted by molar-refractivity contribution is 5.79. The summed E-state index contributed by atoms with van der Waals surface area (Å²) >= 11 is 0. The van der Waals surface area contributed by atoms with Crippen molar-refractivity contribution < 1.29 is 23.1 Å². The van der Waals surface area contributed by atoms with Crippen LogP contribution in [0, 0.1) is 0 Å². The van der Waals surface area contributed by atoms with E-state index in [9.17, 15) is 18.0 Å². The SMILES string of the molecule is O=C(O)/C=C/CNCc1cccc(C(F)(F)F)c1. The van der Waals surface area contributed by atoms with Gasteiger partial charge in [0.1, 0.15) is 0 Å². The van der Waals surface area contributed by atoms with E-state index in [0.29, 0.717) is 5.56 Å². The fourth-order valence-electron chi connectivity index (χ4n) is 1.32. The first-order chi connectivity index (χ1) is 8.39. The van der Waals surface area contributed by atoms with E-state index in [1.165, 1.54) is 12.1 Å². The number of hydrogen-bond donors (Lipinski definition) is 2. The van der Waals surface area contributed by atoms with Crippen LogP contribution in [0.4, 0.5) is 13.2 Å². The standard InChI is InChI=1S/C12H12F3NO2/c13-12(14,15)10-4-1-3-9(7-10)8-16-6-2-5-11(17)18/h1-5,7,16H,6,8H2,(H,17,18)/b5-2+. The molecular weight excluding hydrogens is 247 g/mol. The first-order valence-electron chi connectivity index (χ1n) is 5.16. The topological polar surface area (TPSA) is 49.3 Å². The summed E-state index contributed by atoms with van der Waals surface area (Å²) in [4.78, 5) is 10.1. The quantitative estimate of drug-likeness (QED) is 0.630. The van der Waals surface area contributed by atoms with Crippen LogP contribution in [0.25, 0.3) is 0 Å². The lowest BCUT2D eigenvalue weighted by atomic mass is 10.1. The predicted molar refractivity (Wildman–Crippen MR) is 59.9 cm³/mol. The highest BCUT2D eigenvalue weighted by Gasteiger charge is 2.30. The van der Waals surface area contributed by atoms with Crippen LogP contribution in [0.5, 0.6) is 0 Å². The second kappa shape index (κ2) is 6.20. The average molecular weight is 259 g/mol. The number of rotatable bonds is 5. The molecule has 0 spiro atoms. The van der Waals surface area contributed by atoms with Gasteiger partial charge < -0.3 is 10.4 Å². The second-order valence-corrected chi connectivity index (χ2v) is 3.57. The van der Waals surface area contributed by atoms with Crippen LogP contribution in [-0.2, 0) is 17.5 Å². The normalized spacial score (nSPS) is 11.9. The first-order valence-corrected chi connectivity index (χ1v) is 5.16. The number of carboxylic acids is 1. The third kappa shape index (κ3) is 5.01. The van der Waals surface area contributed by atoms with Gasteiger partial charge in [0.15, 0.2) is 0 Å². The summed E-state index contributed by atoms with van der Waals surface area (Å²) in [5, 5.41) is 11.1. The number of carbonyl (C=O) groups is 1. The fraction of sp³-hybridized carbons (Fsp3) is 0.250. The Balaban J connectivity index is 2.51. The summed E-state index contributed by atoms with van der Waals surface area (Å²) in [6.07, 6.45) is -1.99. The van der Waals surface area contributed by atoms with Gasteiger partial charge in [-0.3, -0.25) is 0 Å². The van der Waals surface area contributed by atoms with Gasteiger partial charge in [-0.05, 0) is 11.6 Å². The minimum absolute atomic E-state index is 0.244. The van der Waals surface area contributed by atoms with E-state index in [1.54, 1.807) is 6.07 Å². The van der Waals surface area contributed by atoms with Gasteiger partial charge in [0.25, 0.3) is 0 Å². The number of carboxylic acid groups (broad SMARTS) is 1. The van der Waals surface area contributed by atoms with Crippen molar-refractivity contribution in [3.63, 3.8) is 0 Å². The molecule has 0 heterocycles. The van der Waals surface area contributed by atoms with Gasteiger partial charge in [-0.15, -0.1) is 0 Å². The van der Waals surface area contributed by atoms with E-state index in [2.05, 4.69) is 5.32 Å². The van der Waals surface area contributed by atoms with Crippen molar-refractivity contribution in [2.45, 2.75) is 12.7 Å². The number of hydrogen-bond acceptors (Lipinski definition) is 2. The van der Waals surface area contributed by atoms with Crippen LogP contribution >= 0.6 is 0 Å². The molecule has 1 rings (SSSR count). The maximum atomic E-state index is 12.4. The molecule has 0 aliphatic heterocycles. The fourth-order valence-corrected chi connectivity index (χ4v) is 1.32. The Hall–Kier alpha value is -1.82. The van der Waals surface area contributed by atoms with Crippen molar-refractivity contribution in [3.05, 3.63) is 47.5 Å². The molecule has 3 nitrogen and oxygen atoms in total. The summed E-state index contributed by atoms with van der Waals surface area (Å²) in [5.74, 6) is -1.06. The van der Waals surface area contributed by atoms with Gasteiger partial charge >= 0.3 is 12.1 Å². The van der Waals surface area contributed by atoms with Crippen LogP contribution in [0.2, 0.25) is 0 Å². The van der Waals surface area contributed by atoms with Crippen molar-refractivity contribution >= 4 is 5.97 Å². The number of halogens is 3. The Morgan fingerprint density at radius 2 is 2.11 bits per heavy atom. The molecule has 0 aliphatic carbocycles. The lowest BCUT2D eigenvalue weighted by Crippen LogP contribution is -2.14. The Labute approximate surface area is 102 Å². The third-order valence-corrected chi connectivity index (χ3v) is 2.11. The molecule has 98 valence electrons. The molecular formula is C12H12F3NO2. The molecule has 0 saturated carbocycles. The molecule has 0 fully saturated rings. The van der Waals surface area contributed by atoms with Gasteiger partial charge in [0.2, 0.25) is 0 Å². The summed E-state index contributed by atoms with van der Waals surface area (Å²) in [6, 6.07) is 4.98. The van der Waals surface area contributed by atoms with Gasteiger partial charge in [-0.1, -0.05) is 24.3 Å². The molecule has 1 aromatic carbocycles. The van der Waals surface area contributed by atoms with Gasteiger partial charge in [0.05, 0.1) is 5.56 Å². The minimum atomic E-state index is -4.35. The van der Waals surface area contributed by atoms with Crippen molar-refractivity contribution in [2.75, 3.05) is 6.54 Å². The molecule has 0 amide bonds. The molecule has 0 aromatic heterocycles. The van der Waals surface area contributed by atoms with Crippen LogP contribution in [-0.4, -0.2) is 17.6 Å². The summed E-state index contributed by atoms with van der Waals surface area (Å²) < 4.78 is 37.2. The molecule has 1 aromatic rings. The molecule has 0 saturated heterocycles. The van der Waals surface area contributed by atoms with E-state index >= 15 is 0 Å². The number of benzene rings is 1.